The number of esters is 1. The highest BCUT2D eigenvalue weighted by molar-refractivity contribution is 5.91. The molecule has 0 radical (unpaired) electrons. The van der Waals surface area contributed by atoms with Crippen LogP contribution in [0.1, 0.15) is 43.1 Å². The van der Waals surface area contributed by atoms with Crippen LogP contribution in [-0.2, 0) is 11.3 Å². The van der Waals surface area contributed by atoms with Crippen molar-refractivity contribution >= 4 is 5.97 Å². The number of carbonyl (C=O) groups is 1. The molecule has 1 unspecified atom stereocenters. The van der Waals surface area contributed by atoms with Gasteiger partial charge in [-0.25, -0.2) is 4.79 Å². The maximum absolute atomic E-state index is 12.2. The lowest BCUT2D eigenvalue weighted by Gasteiger charge is -2.10. The Morgan fingerprint density at radius 2 is 1.60 bits per heavy atom. The van der Waals surface area contributed by atoms with Crippen LogP contribution in [0.25, 0.3) is 0 Å². The Bertz CT molecular complexity index is 647. The predicted octanol–water partition coefficient (Wildman–Crippen LogP) is 4.87. The quantitative estimate of drug-likeness (QED) is 0.482. The van der Waals surface area contributed by atoms with Gasteiger partial charge in [-0.15, -0.1) is 0 Å². The highest BCUT2D eigenvalue weighted by Crippen LogP contribution is 2.19. The van der Waals surface area contributed by atoms with Crippen molar-refractivity contribution in [1.82, 2.24) is 0 Å². The lowest BCUT2D eigenvalue weighted by Crippen LogP contribution is -2.09. The lowest BCUT2D eigenvalue weighted by atomic mass is 10.1. The van der Waals surface area contributed by atoms with Crippen LogP contribution in [0.4, 0.5) is 0 Å². The van der Waals surface area contributed by atoms with E-state index in [9.17, 15) is 4.79 Å². The monoisotopic (exact) mass is 342 g/mol. The van der Waals surface area contributed by atoms with Gasteiger partial charge in [0.15, 0.2) is 0 Å². The van der Waals surface area contributed by atoms with Crippen LogP contribution in [0.15, 0.2) is 48.5 Å². The summed E-state index contributed by atoms with van der Waals surface area (Å²) in [6, 6.07) is 14.3. The summed E-state index contributed by atoms with van der Waals surface area (Å²) in [5.41, 5.74) is 1.56. The van der Waals surface area contributed by atoms with Crippen molar-refractivity contribution in [3.8, 4) is 11.5 Å². The van der Waals surface area contributed by atoms with E-state index in [1.165, 1.54) is 0 Å². The summed E-state index contributed by atoms with van der Waals surface area (Å²) < 4.78 is 16.4. The topological polar surface area (TPSA) is 44.8 Å². The first kappa shape index (κ1) is 19.0. The summed E-state index contributed by atoms with van der Waals surface area (Å²) >= 11 is 0. The summed E-state index contributed by atoms with van der Waals surface area (Å²) in [5, 5.41) is 0. The van der Waals surface area contributed by atoms with Crippen molar-refractivity contribution in [3.63, 3.8) is 0 Å². The second kappa shape index (κ2) is 9.84. The van der Waals surface area contributed by atoms with Crippen molar-refractivity contribution in [2.24, 2.45) is 5.92 Å². The highest BCUT2D eigenvalue weighted by atomic mass is 16.5. The summed E-state index contributed by atoms with van der Waals surface area (Å²) in [6.45, 7) is 8.15. The Labute approximate surface area is 149 Å². The van der Waals surface area contributed by atoms with Gasteiger partial charge in [0, 0.05) is 6.61 Å². The average Bonchev–Trinajstić information content (AvgIpc) is 2.64. The first-order valence-electron chi connectivity index (χ1n) is 8.74. The zero-order valence-corrected chi connectivity index (χ0v) is 15.2. The molecule has 0 aromatic heterocycles. The Kier molecular flexibility index (Phi) is 7.48. The Morgan fingerprint density at radius 3 is 2.20 bits per heavy atom. The number of hydrogen-bond donors (Lipinski definition) is 0. The number of hydrogen-bond acceptors (Lipinski definition) is 4. The van der Waals surface area contributed by atoms with Gasteiger partial charge in [0.25, 0.3) is 0 Å². The molecule has 0 N–H and O–H groups in total. The van der Waals surface area contributed by atoms with E-state index < -0.39 is 0 Å². The minimum absolute atomic E-state index is 0.378. The average molecular weight is 342 g/mol. The van der Waals surface area contributed by atoms with Crippen molar-refractivity contribution < 1.29 is 19.0 Å². The molecule has 4 heteroatoms. The van der Waals surface area contributed by atoms with Crippen LogP contribution in [0.3, 0.4) is 0 Å². The molecule has 0 spiro atoms. The lowest BCUT2D eigenvalue weighted by molar-refractivity contribution is 0.0734. The molecule has 0 aliphatic heterocycles. The van der Waals surface area contributed by atoms with Crippen LogP contribution in [-0.4, -0.2) is 19.2 Å². The van der Waals surface area contributed by atoms with Crippen molar-refractivity contribution in [3.05, 3.63) is 59.7 Å². The molecule has 25 heavy (non-hydrogen) atoms. The van der Waals surface area contributed by atoms with Gasteiger partial charge < -0.3 is 14.2 Å². The minimum Gasteiger partial charge on any atom is -0.494 e. The first-order chi connectivity index (χ1) is 12.1. The molecule has 2 aromatic rings. The van der Waals surface area contributed by atoms with Gasteiger partial charge in [0.1, 0.15) is 11.5 Å². The summed E-state index contributed by atoms with van der Waals surface area (Å²) in [7, 11) is 0. The zero-order chi connectivity index (χ0) is 18.1. The van der Waals surface area contributed by atoms with Gasteiger partial charge in [0.05, 0.1) is 18.8 Å². The second-order valence-electron chi connectivity index (χ2n) is 6.02. The van der Waals surface area contributed by atoms with E-state index in [0.29, 0.717) is 30.4 Å². The van der Waals surface area contributed by atoms with Crippen molar-refractivity contribution in [2.75, 3.05) is 13.2 Å². The largest absolute Gasteiger partial charge is 0.494 e. The molecule has 0 heterocycles. The Balaban J connectivity index is 1.87. The summed E-state index contributed by atoms with van der Waals surface area (Å²) in [4.78, 5) is 12.2. The molecule has 4 nitrogen and oxygen atoms in total. The third-order valence-electron chi connectivity index (χ3n) is 3.90. The molecule has 0 amide bonds. The molecular weight excluding hydrogens is 316 g/mol. The van der Waals surface area contributed by atoms with E-state index >= 15 is 0 Å². The van der Waals surface area contributed by atoms with Crippen LogP contribution in [0.2, 0.25) is 0 Å². The fraction of sp³-hybridized carbons (Fsp3) is 0.381. The summed E-state index contributed by atoms with van der Waals surface area (Å²) in [5.74, 6) is 1.43. The molecule has 1 atom stereocenters. The summed E-state index contributed by atoms with van der Waals surface area (Å²) in [6.07, 6.45) is 1.11. The Morgan fingerprint density at radius 1 is 0.960 bits per heavy atom. The fourth-order valence-corrected chi connectivity index (χ4v) is 2.17. The maximum atomic E-state index is 12.2. The molecule has 2 aromatic carbocycles. The maximum Gasteiger partial charge on any atom is 0.343 e. The third kappa shape index (κ3) is 6.24. The van der Waals surface area contributed by atoms with E-state index in [2.05, 4.69) is 13.8 Å². The number of benzene rings is 2. The number of rotatable bonds is 9. The predicted molar refractivity (Wildman–Crippen MR) is 98.1 cm³/mol. The second-order valence-corrected chi connectivity index (χ2v) is 6.02. The molecule has 0 fully saturated rings. The van der Waals surface area contributed by atoms with Crippen LogP contribution < -0.4 is 9.47 Å². The SMILES string of the molecule is CCOc1ccc(OC(=O)c2ccc(COCC(C)CC)cc2)cc1. The molecule has 0 saturated carbocycles. The van der Waals surface area contributed by atoms with E-state index in [4.69, 9.17) is 14.2 Å². The van der Waals surface area contributed by atoms with E-state index in [1.807, 2.05) is 19.1 Å². The van der Waals surface area contributed by atoms with Gasteiger partial charge in [-0.3, -0.25) is 0 Å². The number of carbonyl (C=O) groups excluding carboxylic acids is 1. The molecule has 0 bridgehead atoms. The molecular formula is C21H26O4. The molecule has 0 aliphatic rings. The zero-order valence-electron chi connectivity index (χ0n) is 15.2. The van der Waals surface area contributed by atoms with Gasteiger partial charge in [-0.2, -0.15) is 0 Å². The molecule has 0 saturated heterocycles. The van der Waals surface area contributed by atoms with Gasteiger partial charge in [-0.05, 0) is 54.8 Å². The standard InChI is InChI=1S/C21H26O4/c1-4-16(3)14-23-15-17-6-8-18(9-7-17)21(22)25-20-12-10-19(11-13-20)24-5-2/h6-13,16H,4-5,14-15H2,1-3H3. The van der Waals surface area contributed by atoms with E-state index in [-0.39, 0.29) is 5.97 Å². The fourth-order valence-electron chi connectivity index (χ4n) is 2.17. The molecule has 0 aliphatic carbocycles. The van der Waals surface area contributed by atoms with Crippen molar-refractivity contribution in [2.45, 2.75) is 33.8 Å². The van der Waals surface area contributed by atoms with E-state index in [0.717, 1.165) is 24.3 Å². The smallest absolute Gasteiger partial charge is 0.343 e. The molecule has 2 rings (SSSR count). The van der Waals surface area contributed by atoms with Gasteiger partial charge in [0.2, 0.25) is 0 Å². The van der Waals surface area contributed by atoms with Crippen molar-refractivity contribution in [1.29, 1.82) is 0 Å². The van der Waals surface area contributed by atoms with Gasteiger partial charge >= 0.3 is 5.97 Å². The number of ether oxygens (including phenoxy) is 3. The highest BCUT2D eigenvalue weighted by Gasteiger charge is 2.09. The van der Waals surface area contributed by atoms with Gasteiger partial charge in [-0.1, -0.05) is 32.4 Å². The third-order valence-corrected chi connectivity index (χ3v) is 3.90. The minimum atomic E-state index is -0.378. The Hall–Kier alpha value is -2.33. The van der Waals surface area contributed by atoms with Crippen LogP contribution >= 0.6 is 0 Å². The normalized spacial score (nSPS) is 11.8. The van der Waals surface area contributed by atoms with Crippen LogP contribution in [0.5, 0.6) is 11.5 Å². The molecule has 134 valence electrons. The first-order valence-corrected chi connectivity index (χ1v) is 8.74. The van der Waals surface area contributed by atoms with Crippen LogP contribution in [0, 0.1) is 5.92 Å². The van der Waals surface area contributed by atoms with E-state index in [1.54, 1.807) is 36.4 Å².